The van der Waals surface area contributed by atoms with Crippen molar-refractivity contribution in [2.75, 3.05) is 0 Å². The van der Waals surface area contributed by atoms with E-state index in [-0.39, 0.29) is 29.2 Å². The monoisotopic (exact) mass is 404 g/mol. The fourth-order valence-corrected chi connectivity index (χ4v) is 5.16. The smallest absolute Gasteiger partial charge is 0.144 e. The van der Waals surface area contributed by atoms with E-state index >= 15 is 0 Å². The van der Waals surface area contributed by atoms with E-state index in [4.69, 9.17) is 15.4 Å². The van der Waals surface area contributed by atoms with Crippen LogP contribution in [0.1, 0.15) is 79.0 Å². The number of fused-ring (bicyclic) bond motifs is 4. The van der Waals surface area contributed by atoms with Crippen molar-refractivity contribution in [2.45, 2.75) is 64.5 Å². The van der Waals surface area contributed by atoms with E-state index in [1.807, 2.05) is 18.2 Å². The molecule has 2 nitrogen and oxygen atoms in total. The van der Waals surface area contributed by atoms with Crippen molar-refractivity contribution in [3.05, 3.63) is 64.8 Å². The number of para-hydroxylation sites is 1. The van der Waals surface area contributed by atoms with E-state index in [1.54, 1.807) is 12.1 Å². The van der Waals surface area contributed by atoms with E-state index < -0.39 is 26.0 Å². The molecule has 6 rings (SSSR count). The Hall–Kier alpha value is -2.61. The fraction of sp³-hybridized carbons (Fsp3) is 0.393. The van der Waals surface area contributed by atoms with Gasteiger partial charge in [-0.15, -0.1) is 0 Å². The SMILES string of the molecule is [2H]C([2H])([2H])c1cnc(-c2cccc3c2oc2cc4c(cc23)C([2H])([2H])CC4([2H])C2CCCCC2)cc1C([2H])([2H])[2H]. The van der Waals surface area contributed by atoms with Crippen molar-refractivity contribution in [1.29, 1.82) is 0 Å². The Bertz CT molecular complexity index is 1590. The summed E-state index contributed by atoms with van der Waals surface area (Å²) in [6, 6.07) is 10.3. The second-order valence-corrected chi connectivity index (χ2v) is 8.51. The zero-order valence-corrected chi connectivity index (χ0v) is 16.7. The topological polar surface area (TPSA) is 26.0 Å². The Balaban J connectivity index is 1.54. The highest BCUT2D eigenvalue weighted by molar-refractivity contribution is 6.09. The van der Waals surface area contributed by atoms with Crippen LogP contribution in [0, 0.1) is 19.6 Å². The molecule has 2 aliphatic carbocycles. The van der Waals surface area contributed by atoms with Crippen molar-refractivity contribution in [1.82, 2.24) is 4.98 Å². The highest BCUT2D eigenvalue weighted by atomic mass is 16.3. The normalized spacial score (nSPS) is 29.0. The third-order valence-corrected chi connectivity index (χ3v) is 6.73. The molecule has 2 heteroatoms. The van der Waals surface area contributed by atoms with Crippen LogP contribution < -0.4 is 0 Å². The predicted molar refractivity (Wildman–Crippen MR) is 124 cm³/mol. The first-order valence-corrected chi connectivity index (χ1v) is 10.7. The van der Waals surface area contributed by atoms with E-state index in [9.17, 15) is 1.37 Å². The van der Waals surface area contributed by atoms with Gasteiger partial charge >= 0.3 is 0 Å². The molecular formula is C28H29NO. The summed E-state index contributed by atoms with van der Waals surface area (Å²) >= 11 is 0. The van der Waals surface area contributed by atoms with Gasteiger partial charge in [0.05, 0.1) is 5.69 Å². The van der Waals surface area contributed by atoms with Crippen LogP contribution in [0.2, 0.25) is 0 Å². The number of pyridine rings is 1. The molecule has 1 saturated carbocycles. The lowest BCUT2D eigenvalue weighted by atomic mass is 9.77. The molecule has 2 aliphatic rings. The number of rotatable bonds is 2. The lowest BCUT2D eigenvalue weighted by Crippen LogP contribution is -2.14. The molecule has 4 aromatic rings. The highest BCUT2D eigenvalue weighted by Gasteiger charge is 2.31. The van der Waals surface area contributed by atoms with Gasteiger partial charge in [0.15, 0.2) is 0 Å². The lowest BCUT2D eigenvalue weighted by Gasteiger charge is -2.28. The van der Waals surface area contributed by atoms with Crippen molar-refractivity contribution in [3.63, 3.8) is 0 Å². The van der Waals surface area contributed by atoms with Gasteiger partial charge in [-0.05, 0) is 97.7 Å². The Labute approximate surface area is 191 Å². The van der Waals surface area contributed by atoms with Gasteiger partial charge in [0, 0.05) is 34.9 Å². The second kappa shape index (κ2) is 6.97. The van der Waals surface area contributed by atoms with Crippen LogP contribution in [0.3, 0.4) is 0 Å². The first-order valence-electron chi connectivity index (χ1n) is 15.2. The fourth-order valence-electron chi connectivity index (χ4n) is 5.16. The average Bonchev–Trinajstić information content (AvgIpc) is 3.34. The maximum Gasteiger partial charge on any atom is 0.144 e. The molecule has 2 aromatic heterocycles. The molecule has 1 unspecified atom stereocenters. The standard InChI is InChI=1S/C28H29NO/c1-17-13-26(29-16-18(17)2)23-10-6-9-22-25-14-20-11-12-21(19-7-4-3-5-8-19)24(20)15-27(25)30-28(22)23/h6,9-10,13-16,19,21H,3-5,7-8,11-12H2,1-2H3/i1D3,2D3,11D2,21D. The van der Waals surface area contributed by atoms with Crippen LogP contribution in [0.4, 0.5) is 0 Å². The maximum atomic E-state index is 9.46. The van der Waals surface area contributed by atoms with E-state index in [0.717, 1.165) is 49.1 Å². The Kier molecular flexibility index (Phi) is 2.59. The molecule has 2 aromatic carbocycles. The third-order valence-electron chi connectivity index (χ3n) is 6.73. The number of hydrogen-bond acceptors (Lipinski definition) is 2. The zero-order chi connectivity index (χ0) is 28.0. The molecule has 152 valence electrons. The van der Waals surface area contributed by atoms with Gasteiger partial charge in [-0.2, -0.15) is 0 Å². The summed E-state index contributed by atoms with van der Waals surface area (Å²) in [6.45, 7) is -5.27. The summed E-state index contributed by atoms with van der Waals surface area (Å²) in [4.78, 5) is 4.32. The van der Waals surface area contributed by atoms with Crippen molar-refractivity contribution in [3.8, 4) is 11.3 Å². The highest BCUT2D eigenvalue weighted by Crippen LogP contribution is 2.46. The zero-order valence-electron chi connectivity index (χ0n) is 25.7. The minimum absolute atomic E-state index is 0.0965. The molecule has 0 amide bonds. The van der Waals surface area contributed by atoms with E-state index in [1.165, 1.54) is 6.07 Å². The first-order chi connectivity index (χ1) is 18.2. The van der Waals surface area contributed by atoms with Gasteiger partial charge in [0.25, 0.3) is 0 Å². The first kappa shape index (κ1) is 11.1. The molecule has 2 heterocycles. The van der Waals surface area contributed by atoms with Crippen LogP contribution in [0.25, 0.3) is 33.2 Å². The van der Waals surface area contributed by atoms with Gasteiger partial charge < -0.3 is 4.42 Å². The van der Waals surface area contributed by atoms with Gasteiger partial charge in [0.2, 0.25) is 0 Å². The van der Waals surface area contributed by atoms with Crippen LogP contribution in [0.5, 0.6) is 0 Å². The largest absolute Gasteiger partial charge is 0.455 e. The Morgan fingerprint density at radius 3 is 2.80 bits per heavy atom. The molecule has 0 spiro atoms. The number of nitrogens with zero attached hydrogens (tertiary/aromatic N) is 1. The molecule has 0 aliphatic heterocycles. The number of benzene rings is 2. The second-order valence-electron chi connectivity index (χ2n) is 8.51. The van der Waals surface area contributed by atoms with Crippen molar-refractivity contribution >= 4 is 21.9 Å². The van der Waals surface area contributed by atoms with Crippen LogP contribution in [-0.4, -0.2) is 4.98 Å². The number of hydrogen-bond donors (Lipinski definition) is 0. The molecular weight excluding hydrogens is 366 g/mol. The molecule has 1 fully saturated rings. The summed E-state index contributed by atoms with van der Waals surface area (Å²) in [5.74, 6) is -0.921. The molecule has 0 saturated heterocycles. The molecule has 30 heavy (non-hydrogen) atoms. The van der Waals surface area contributed by atoms with Gasteiger partial charge in [-0.3, -0.25) is 4.98 Å². The molecule has 0 N–H and O–H groups in total. The van der Waals surface area contributed by atoms with E-state index in [2.05, 4.69) is 4.98 Å². The van der Waals surface area contributed by atoms with Crippen molar-refractivity contribution < 1.29 is 16.8 Å². The average molecular weight is 405 g/mol. The minimum atomic E-state index is -2.65. The quantitative estimate of drug-likeness (QED) is 0.340. The summed E-state index contributed by atoms with van der Waals surface area (Å²) in [5.41, 5.74) is 2.42. The molecule has 0 radical (unpaired) electrons. The molecule has 1 atom stereocenters. The maximum absolute atomic E-state index is 9.46. The van der Waals surface area contributed by atoms with Crippen LogP contribution >= 0.6 is 0 Å². The summed E-state index contributed by atoms with van der Waals surface area (Å²) < 4.78 is 80.4. The summed E-state index contributed by atoms with van der Waals surface area (Å²) in [7, 11) is 0. The Morgan fingerprint density at radius 1 is 1.03 bits per heavy atom. The van der Waals surface area contributed by atoms with Gasteiger partial charge in [0.1, 0.15) is 11.2 Å². The third kappa shape index (κ3) is 2.80. The predicted octanol–water partition coefficient (Wildman–Crippen LogP) is 7.87. The van der Waals surface area contributed by atoms with E-state index in [0.29, 0.717) is 27.9 Å². The minimum Gasteiger partial charge on any atom is -0.455 e. The van der Waals surface area contributed by atoms with Gasteiger partial charge in [-0.25, -0.2) is 0 Å². The number of aryl methyl sites for hydroxylation is 3. The number of aromatic nitrogens is 1. The summed E-state index contributed by atoms with van der Waals surface area (Å²) in [5, 5.41) is 1.44. The van der Waals surface area contributed by atoms with Crippen molar-refractivity contribution in [2.24, 2.45) is 5.92 Å². The Morgan fingerprint density at radius 2 is 1.93 bits per heavy atom. The van der Waals surface area contributed by atoms with Crippen LogP contribution in [0.15, 0.2) is 47.0 Å². The van der Waals surface area contributed by atoms with Crippen LogP contribution in [-0.2, 0) is 6.37 Å². The lowest BCUT2D eigenvalue weighted by molar-refractivity contribution is 0.303. The van der Waals surface area contributed by atoms with Gasteiger partial charge in [-0.1, -0.05) is 31.4 Å². The summed E-state index contributed by atoms with van der Waals surface area (Å²) in [6.07, 6.45) is 4.72. The number of furan rings is 1. The molecule has 0 bridgehead atoms.